The molecule has 2 rings (SSSR count). The van der Waals surface area contributed by atoms with Crippen LogP contribution >= 0.6 is 0 Å². The third-order valence-electron chi connectivity index (χ3n) is 3.83. The number of phenolic OH excluding ortho intramolecular Hbond substituents is 2. The van der Waals surface area contributed by atoms with Crippen molar-refractivity contribution < 1.29 is 10.2 Å². The number of hydrogen-bond donors (Lipinski definition) is 2. The minimum Gasteiger partial charge on any atom is -0.507 e. The van der Waals surface area contributed by atoms with E-state index in [1.807, 2.05) is 24.3 Å². The minimum absolute atomic E-state index is 0.0592. The van der Waals surface area contributed by atoms with Crippen LogP contribution in [0.5, 0.6) is 11.5 Å². The van der Waals surface area contributed by atoms with E-state index in [0.29, 0.717) is 5.56 Å². The van der Waals surface area contributed by atoms with E-state index in [1.165, 1.54) is 0 Å². The first-order chi connectivity index (χ1) is 8.97. The Balaban J connectivity index is 2.73. The van der Waals surface area contributed by atoms with Crippen molar-refractivity contribution in [3.05, 3.63) is 48.0 Å². The molecule has 2 aromatic carbocycles. The highest BCUT2D eigenvalue weighted by molar-refractivity contribution is 5.79. The van der Waals surface area contributed by atoms with Gasteiger partial charge in [-0.2, -0.15) is 0 Å². The molecule has 2 N–H and O–H groups in total. The first-order valence-electron chi connectivity index (χ1n) is 6.58. The van der Waals surface area contributed by atoms with Gasteiger partial charge in [0.2, 0.25) is 0 Å². The molecule has 19 heavy (non-hydrogen) atoms. The van der Waals surface area contributed by atoms with E-state index < -0.39 is 0 Å². The lowest BCUT2D eigenvalue weighted by Crippen LogP contribution is -2.16. The molecule has 0 bridgehead atoms. The van der Waals surface area contributed by atoms with E-state index in [0.717, 1.165) is 17.5 Å². The van der Waals surface area contributed by atoms with Crippen LogP contribution in [0.1, 0.15) is 32.8 Å². The molecule has 0 saturated heterocycles. The summed E-state index contributed by atoms with van der Waals surface area (Å²) in [6, 6.07) is 12.7. The second-order valence-electron chi connectivity index (χ2n) is 5.45. The van der Waals surface area contributed by atoms with Crippen LogP contribution in [0, 0.1) is 0 Å². The van der Waals surface area contributed by atoms with Gasteiger partial charge in [-0.25, -0.2) is 0 Å². The molecular formula is C17H20O2. The van der Waals surface area contributed by atoms with E-state index in [4.69, 9.17) is 0 Å². The van der Waals surface area contributed by atoms with Crippen LogP contribution in [-0.4, -0.2) is 10.2 Å². The van der Waals surface area contributed by atoms with Crippen LogP contribution in [0.2, 0.25) is 0 Å². The molecule has 0 radical (unpaired) electrons. The predicted molar refractivity (Wildman–Crippen MR) is 78.5 cm³/mol. The highest BCUT2D eigenvalue weighted by atomic mass is 16.3. The molecule has 0 heterocycles. The van der Waals surface area contributed by atoms with Gasteiger partial charge in [0, 0.05) is 11.1 Å². The zero-order valence-corrected chi connectivity index (χ0v) is 11.6. The van der Waals surface area contributed by atoms with Crippen molar-refractivity contribution in [2.24, 2.45) is 0 Å². The van der Waals surface area contributed by atoms with Crippen LogP contribution in [0.3, 0.4) is 0 Å². The molecule has 0 saturated carbocycles. The molecule has 0 spiro atoms. The molecule has 100 valence electrons. The fourth-order valence-corrected chi connectivity index (χ4v) is 2.26. The number of phenols is 2. The maximum Gasteiger partial charge on any atom is 0.123 e. The molecule has 2 heteroatoms. The molecule has 0 atom stereocenters. The first kappa shape index (κ1) is 13.5. The van der Waals surface area contributed by atoms with Crippen molar-refractivity contribution in [1.29, 1.82) is 0 Å². The van der Waals surface area contributed by atoms with Gasteiger partial charge in [-0.15, -0.1) is 0 Å². The molecular weight excluding hydrogens is 236 g/mol. The van der Waals surface area contributed by atoms with Crippen molar-refractivity contribution in [3.8, 4) is 22.6 Å². The Kier molecular flexibility index (Phi) is 3.52. The number of para-hydroxylation sites is 1. The first-order valence-corrected chi connectivity index (χ1v) is 6.58. The summed E-state index contributed by atoms with van der Waals surface area (Å²) < 4.78 is 0. The monoisotopic (exact) mass is 256 g/mol. The van der Waals surface area contributed by atoms with Gasteiger partial charge in [-0.05, 0) is 29.5 Å². The van der Waals surface area contributed by atoms with Gasteiger partial charge in [0.05, 0.1) is 0 Å². The third kappa shape index (κ3) is 2.43. The zero-order valence-electron chi connectivity index (χ0n) is 11.6. The van der Waals surface area contributed by atoms with Crippen molar-refractivity contribution in [2.45, 2.75) is 32.6 Å². The van der Waals surface area contributed by atoms with E-state index >= 15 is 0 Å². The van der Waals surface area contributed by atoms with Gasteiger partial charge in [0.1, 0.15) is 11.5 Å². The Bertz CT molecular complexity index is 586. The second-order valence-corrected chi connectivity index (χ2v) is 5.45. The quantitative estimate of drug-likeness (QED) is 0.851. The lowest BCUT2D eigenvalue weighted by molar-refractivity contribution is 0.461. The van der Waals surface area contributed by atoms with Crippen molar-refractivity contribution in [1.82, 2.24) is 0 Å². The van der Waals surface area contributed by atoms with Gasteiger partial charge < -0.3 is 10.2 Å². The Morgan fingerprint density at radius 1 is 0.895 bits per heavy atom. The Morgan fingerprint density at radius 2 is 1.53 bits per heavy atom. The SMILES string of the molecule is CCC(C)(C)c1cccc(O)c1-c1ccccc1O. The molecule has 2 aromatic rings. The standard InChI is InChI=1S/C17H20O2/c1-4-17(2,3)13-9-7-11-15(19)16(13)12-8-5-6-10-14(12)18/h5-11,18-19H,4H2,1-3H3. The Labute approximate surface area is 114 Å². The maximum absolute atomic E-state index is 10.2. The van der Waals surface area contributed by atoms with Crippen LogP contribution in [0.4, 0.5) is 0 Å². The number of hydrogen-bond acceptors (Lipinski definition) is 2. The highest BCUT2D eigenvalue weighted by Gasteiger charge is 2.24. The molecule has 0 unspecified atom stereocenters. The Hall–Kier alpha value is -1.96. The molecule has 0 aliphatic carbocycles. The van der Waals surface area contributed by atoms with E-state index in [1.54, 1.807) is 18.2 Å². The smallest absolute Gasteiger partial charge is 0.123 e. The summed E-state index contributed by atoms with van der Waals surface area (Å²) >= 11 is 0. The summed E-state index contributed by atoms with van der Waals surface area (Å²) in [4.78, 5) is 0. The summed E-state index contributed by atoms with van der Waals surface area (Å²) in [6.45, 7) is 6.41. The largest absolute Gasteiger partial charge is 0.507 e. The van der Waals surface area contributed by atoms with Crippen LogP contribution in [0.25, 0.3) is 11.1 Å². The van der Waals surface area contributed by atoms with Crippen molar-refractivity contribution >= 4 is 0 Å². The van der Waals surface area contributed by atoms with E-state index in [-0.39, 0.29) is 16.9 Å². The Morgan fingerprint density at radius 3 is 2.16 bits per heavy atom. The predicted octanol–water partition coefficient (Wildman–Crippen LogP) is 4.45. The third-order valence-corrected chi connectivity index (χ3v) is 3.83. The normalized spacial score (nSPS) is 11.5. The molecule has 2 nitrogen and oxygen atoms in total. The van der Waals surface area contributed by atoms with Crippen molar-refractivity contribution in [2.75, 3.05) is 0 Å². The fourth-order valence-electron chi connectivity index (χ4n) is 2.26. The second kappa shape index (κ2) is 4.96. The minimum atomic E-state index is -0.0592. The van der Waals surface area contributed by atoms with Gasteiger partial charge in [0.15, 0.2) is 0 Å². The summed E-state index contributed by atoms with van der Waals surface area (Å²) in [5.74, 6) is 0.401. The fraction of sp³-hybridized carbons (Fsp3) is 0.294. The summed E-state index contributed by atoms with van der Waals surface area (Å²) in [7, 11) is 0. The van der Waals surface area contributed by atoms with E-state index in [2.05, 4.69) is 20.8 Å². The van der Waals surface area contributed by atoms with Crippen molar-refractivity contribution in [3.63, 3.8) is 0 Å². The zero-order chi connectivity index (χ0) is 14.0. The number of aromatic hydroxyl groups is 2. The van der Waals surface area contributed by atoms with Crippen LogP contribution in [0.15, 0.2) is 42.5 Å². The average molecular weight is 256 g/mol. The molecule has 0 fully saturated rings. The molecule has 0 aromatic heterocycles. The average Bonchev–Trinajstić information content (AvgIpc) is 2.39. The topological polar surface area (TPSA) is 40.5 Å². The molecule has 0 amide bonds. The lowest BCUT2D eigenvalue weighted by Gasteiger charge is -2.27. The van der Waals surface area contributed by atoms with Gasteiger partial charge in [-0.1, -0.05) is 51.1 Å². The molecule has 0 aliphatic rings. The lowest BCUT2D eigenvalue weighted by atomic mass is 9.78. The number of rotatable bonds is 3. The molecule has 0 aliphatic heterocycles. The van der Waals surface area contributed by atoms with Gasteiger partial charge in [-0.3, -0.25) is 0 Å². The number of benzene rings is 2. The summed E-state index contributed by atoms with van der Waals surface area (Å²) in [6.07, 6.45) is 0.955. The highest BCUT2D eigenvalue weighted by Crippen LogP contribution is 2.43. The van der Waals surface area contributed by atoms with E-state index in [9.17, 15) is 10.2 Å². The van der Waals surface area contributed by atoms with Crippen LogP contribution in [-0.2, 0) is 5.41 Å². The van der Waals surface area contributed by atoms with Crippen LogP contribution < -0.4 is 0 Å². The van der Waals surface area contributed by atoms with Gasteiger partial charge >= 0.3 is 0 Å². The summed E-state index contributed by atoms with van der Waals surface area (Å²) in [5.41, 5.74) is 2.40. The summed E-state index contributed by atoms with van der Waals surface area (Å²) in [5, 5.41) is 20.3. The van der Waals surface area contributed by atoms with Gasteiger partial charge in [0.25, 0.3) is 0 Å². The maximum atomic E-state index is 10.2.